The summed E-state index contributed by atoms with van der Waals surface area (Å²) in [5.74, 6) is 0. The summed E-state index contributed by atoms with van der Waals surface area (Å²) < 4.78 is 40.7. The van der Waals surface area contributed by atoms with Crippen molar-refractivity contribution in [3.63, 3.8) is 0 Å². The van der Waals surface area contributed by atoms with E-state index in [2.05, 4.69) is 0 Å². The van der Waals surface area contributed by atoms with Crippen LogP contribution in [0.1, 0.15) is 19.8 Å². The van der Waals surface area contributed by atoms with Crippen LogP contribution < -0.4 is 0 Å². The van der Waals surface area contributed by atoms with E-state index in [9.17, 15) is 13.2 Å². The van der Waals surface area contributed by atoms with Crippen LogP contribution in [0.15, 0.2) is 0 Å². The quantitative estimate of drug-likeness (QED) is 0.570. The summed E-state index contributed by atoms with van der Waals surface area (Å²) in [4.78, 5) is 0. The van der Waals surface area contributed by atoms with Gasteiger partial charge in [-0.25, -0.2) is 0 Å². The van der Waals surface area contributed by atoms with Gasteiger partial charge in [0, 0.05) is 6.61 Å². The molecular formula is C9H17F3O4. The van der Waals surface area contributed by atoms with Crippen molar-refractivity contribution in [2.24, 2.45) is 0 Å². The maximum Gasteiger partial charge on any atom is 0.416 e. The number of halogens is 3. The van der Waals surface area contributed by atoms with E-state index in [0.717, 1.165) is 6.92 Å². The third-order valence-corrected chi connectivity index (χ3v) is 2.05. The van der Waals surface area contributed by atoms with Gasteiger partial charge in [-0.1, -0.05) is 0 Å². The average Bonchev–Trinajstić information content (AvgIpc) is 2.21. The Balaban J connectivity index is 3.69. The van der Waals surface area contributed by atoms with Gasteiger partial charge in [-0.3, -0.25) is 0 Å². The van der Waals surface area contributed by atoms with Crippen LogP contribution in [-0.4, -0.2) is 53.0 Å². The predicted molar refractivity (Wildman–Crippen MR) is 49.8 cm³/mol. The lowest BCUT2D eigenvalue weighted by molar-refractivity contribution is -0.234. The molecule has 0 aliphatic rings. The second-order valence-corrected chi connectivity index (χ2v) is 3.54. The summed E-state index contributed by atoms with van der Waals surface area (Å²) in [5.41, 5.74) is 0. The van der Waals surface area contributed by atoms with Crippen LogP contribution >= 0.6 is 0 Å². The van der Waals surface area contributed by atoms with Crippen LogP contribution in [0.2, 0.25) is 0 Å². The van der Waals surface area contributed by atoms with Gasteiger partial charge in [0.05, 0.1) is 18.8 Å². The molecule has 0 saturated heterocycles. The standard InChI is InChI=1S/C9H17F3O4/c1-6(8(15)9(10,11)12)16-4-2-3-7(14)5-13/h6-8,13-15H,2-5H2,1H3. The largest absolute Gasteiger partial charge is 0.416 e. The van der Waals surface area contributed by atoms with Gasteiger partial charge in [0.2, 0.25) is 0 Å². The summed E-state index contributed by atoms with van der Waals surface area (Å²) in [6.45, 7) is 0.729. The first-order valence-corrected chi connectivity index (χ1v) is 4.94. The Bertz CT molecular complexity index is 186. The van der Waals surface area contributed by atoms with E-state index in [1.165, 1.54) is 0 Å². The highest BCUT2D eigenvalue weighted by atomic mass is 19.4. The van der Waals surface area contributed by atoms with Gasteiger partial charge in [0.1, 0.15) is 0 Å². The second-order valence-electron chi connectivity index (χ2n) is 3.54. The first kappa shape index (κ1) is 15.6. The van der Waals surface area contributed by atoms with Gasteiger partial charge >= 0.3 is 6.18 Å². The lowest BCUT2D eigenvalue weighted by Crippen LogP contribution is -2.39. The summed E-state index contributed by atoms with van der Waals surface area (Å²) in [6.07, 6.45) is -8.86. The van der Waals surface area contributed by atoms with Gasteiger partial charge in [-0.05, 0) is 19.8 Å². The van der Waals surface area contributed by atoms with Crippen molar-refractivity contribution in [2.75, 3.05) is 13.2 Å². The fourth-order valence-electron chi connectivity index (χ4n) is 1.04. The van der Waals surface area contributed by atoms with Crippen LogP contribution in [0.3, 0.4) is 0 Å². The summed E-state index contributed by atoms with van der Waals surface area (Å²) in [5, 5.41) is 26.2. The minimum Gasteiger partial charge on any atom is -0.394 e. The number of hydrogen-bond donors (Lipinski definition) is 3. The highest BCUT2D eigenvalue weighted by molar-refractivity contribution is 4.72. The molecule has 0 aromatic rings. The molecule has 98 valence electrons. The summed E-state index contributed by atoms with van der Waals surface area (Å²) in [6, 6.07) is 0. The Labute approximate surface area is 91.7 Å². The molecule has 4 nitrogen and oxygen atoms in total. The highest BCUT2D eigenvalue weighted by Crippen LogP contribution is 2.23. The van der Waals surface area contributed by atoms with Crippen LogP contribution in [0.4, 0.5) is 13.2 Å². The molecule has 0 heterocycles. The van der Waals surface area contributed by atoms with Crippen molar-refractivity contribution in [1.29, 1.82) is 0 Å². The summed E-state index contributed by atoms with van der Waals surface area (Å²) in [7, 11) is 0. The lowest BCUT2D eigenvalue weighted by Gasteiger charge is -2.21. The number of hydrogen-bond acceptors (Lipinski definition) is 4. The fourth-order valence-corrected chi connectivity index (χ4v) is 1.04. The molecule has 0 aliphatic carbocycles. The van der Waals surface area contributed by atoms with Gasteiger partial charge in [0.15, 0.2) is 6.10 Å². The van der Waals surface area contributed by atoms with Crippen molar-refractivity contribution in [3.05, 3.63) is 0 Å². The Kier molecular flexibility index (Phi) is 6.89. The molecule has 3 unspecified atom stereocenters. The Morgan fingerprint density at radius 1 is 1.25 bits per heavy atom. The average molecular weight is 246 g/mol. The molecule has 0 radical (unpaired) electrons. The number of aliphatic hydroxyl groups excluding tert-OH is 3. The van der Waals surface area contributed by atoms with Crippen molar-refractivity contribution >= 4 is 0 Å². The minimum absolute atomic E-state index is 0.00856. The van der Waals surface area contributed by atoms with Gasteiger partial charge < -0.3 is 20.1 Å². The zero-order valence-corrected chi connectivity index (χ0v) is 8.94. The molecule has 3 atom stereocenters. The van der Waals surface area contributed by atoms with Gasteiger partial charge in [-0.15, -0.1) is 0 Å². The van der Waals surface area contributed by atoms with Crippen molar-refractivity contribution in [1.82, 2.24) is 0 Å². The Hall–Kier alpha value is -0.370. The molecule has 0 rings (SSSR count). The topological polar surface area (TPSA) is 69.9 Å². The van der Waals surface area contributed by atoms with Crippen molar-refractivity contribution < 1.29 is 33.2 Å². The molecule has 16 heavy (non-hydrogen) atoms. The zero-order chi connectivity index (χ0) is 12.8. The van der Waals surface area contributed by atoms with E-state index in [0.29, 0.717) is 6.42 Å². The number of ether oxygens (including phenoxy) is 1. The van der Waals surface area contributed by atoms with Crippen LogP contribution in [0, 0.1) is 0 Å². The van der Waals surface area contributed by atoms with Crippen LogP contribution in [0.25, 0.3) is 0 Å². The van der Waals surface area contributed by atoms with Gasteiger partial charge in [0.25, 0.3) is 0 Å². The molecule has 0 aromatic heterocycles. The van der Waals surface area contributed by atoms with Crippen LogP contribution in [-0.2, 0) is 4.74 Å². The van der Waals surface area contributed by atoms with E-state index < -0.39 is 24.5 Å². The monoisotopic (exact) mass is 246 g/mol. The fraction of sp³-hybridized carbons (Fsp3) is 1.00. The molecular weight excluding hydrogens is 229 g/mol. The Morgan fingerprint density at radius 3 is 2.25 bits per heavy atom. The van der Waals surface area contributed by atoms with Gasteiger partial charge in [-0.2, -0.15) is 13.2 Å². The third kappa shape index (κ3) is 6.26. The number of aliphatic hydroxyl groups is 3. The van der Waals surface area contributed by atoms with Crippen molar-refractivity contribution in [2.45, 2.75) is 44.3 Å². The zero-order valence-electron chi connectivity index (χ0n) is 8.94. The number of rotatable bonds is 7. The van der Waals surface area contributed by atoms with E-state index in [1.807, 2.05) is 0 Å². The Morgan fingerprint density at radius 2 is 1.81 bits per heavy atom. The van der Waals surface area contributed by atoms with E-state index >= 15 is 0 Å². The van der Waals surface area contributed by atoms with Crippen LogP contribution in [0.5, 0.6) is 0 Å². The molecule has 0 fully saturated rings. The smallest absolute Gasteiger partial charge is 0.394 e. The molecule has 0 spiro atoms. The predicted octanol–water partition coefficient (Wildman–Crippen LogP) is 0.448. The molecule has 0 aliphatic heterocycles. The molecule has 0 saturated carbocycles. The van der Waals surface area contributed by atoms with E-state index in [1.54, 1.807) is 0 Å². The minimum atomic E-state index is -4.69. The van der Waals surface area contributed by atoms with Crippen molar-refractivity contribution in [3.8, 4) is 0 Å². The van der Waals surface area contributed by atoms with E-state index in [-0.39, 0.29) is 19.6 Å². The molecule has 7 heteroatoms. The first-order valence-electron chi connectivity index (χ1n) is 4.94. The lowest BCUT2D eigenvalue weighted by atomic mass is 10.2. The molecule has 0 aromatic carbocycles. The summed E-state index contributed by atoms with van der Waals surface area (Å²) >= 11 is 0. The molecule has 0 amide bonds. The first-order chi connectivity index (χ1) is 7.29. The normalized spacial score (nSPS) is 18.2. The molecule has 0 bridgehead atoms. The third-order valence-electron chi connectivity index (χ3n) is 2.05. The second kappa shape index (κ2) is 7.05. The number of alkyl halides is 3. The maximum absolute atomic E-state index is 12.0. The van der Waals surface area contributed by atoms with E-state index in [4.69, 9.17) is 20.1 Å². The molecule has 3 N–H and O–H groups in total. The SMILES string of the molecule is CC(OCCCC(O)CO)C(O)C(F)(F)F. The maximum atomic E-state index is 12.0. The highest BCUT2D eigenvalue weighted by Gasteiger charge is 2.42.